The van der Waals surface area contributed by atoms with Gasteiger partial charge in [-0.15, -0.1) is 4.52 Å². The molecule has 0 aliphatic rings. The van der Waals surface area contributed by atoms with Gasteiger partial charge in [-0.25, -0.2) is 4.52 Å². The van der Waals surface area contributed by atoms with Gasteiger partial charge in [0.15, 0.2) is 5.75 Å². The highest BCUT2D eigenvalue weighted by Crippen LogP contribution is 2.32. The molecule has 1 atom stereocenters. The topological polar surface area (TPSA) is 35.5 Å². The molecule has 0 bridgehead atoms. The van der Waals surface area contributed by atoms with Crippen molar-refractivity contribution in [1.29, 1.82) is 0 Å². The van der Waals surface area contributed by atoms with Gasteiger partial charge < -0.3 is 0 Å². The Hall–Kier alpha value is -0.920. The molecule has 0 saturated carbocycles. The number of hydrogen-bond donors (Lipinski definition) is 0. The van der Waals surface area contributed by atoms with E-state index in [0.717, 1.165) is 0 Å². The van der Waals surface area contributed by atoms with Crippen LogP contribution in [0.4, 0.5) is 0 Å². The fraction of sp³-hybridized carbons (Fsp3) is 0.400. The summed E-state index contributed by atoms with van der Waals surface area (Å²) < 4.78 is 21.5. The summed E-state index contributed by atoms with van der Waals surface area (Å²) in [6.45, 7) is 5.48. The Bertz CT molecular complexity index is 303. The van der Waals surface area contributed by atoms with Crippen LogP contribution in [0.25, 0.3) is 0 Å². The molecule has 1 aromatic rings. The number of hydrogen-bond acceptors (Lipinski definition) is 3. The van der Waals surface area contributed by atoms with E-state index in [1.807, 2.05) is 39.0 Å². The molecule has 0 radical (unpaired) electrons. The summed E-state index contributed by atoms with van der Waals surface area (Å²) in [5.41, 5.74) is -0.456. The minimum absolute atomic E-state index is 0.456. The van der Waals surface area contributed by atoms with Crippen molar-refractivity contribution in [3.63, 3.8) is 0 Å². The van der Waals surface area contributed by atoms with Gasteiger partial charge in [-0.3, -0.25) is 0 Å². The zero-order valence-corrected chi connectivity index (χ0v) is 9.45. The maximum Gasteiger partial charge on any atom is 0.750 e. The highest BCUT2D eigenvalue weighted by Gasteiger charge is 2.30. The molecule has 0 aliphatic carbocycles. The molecule has 0 heterocycles. The number of para-hydroxylation sites is 1. The quantitative estimate of drug-likeness (QED) is 0.720. The molecule has 0 saturated heterocycles. The van der Waals surface area contributed by atoms with Crippen LogP contribution >= 0.6 is 8.25 Å². The van der Waals surface area contributed by atoms with Crippen LogP contribution in [-0.4, -0.2) is 5.60 Å². The molecule has 4 heteroatoms. The van der Waals surface area contributed by atoms with E-state index < -0.39 is 13.9 Å². The van der Waals surface area contributed by atoms with Crippen LogP contribution in [0.2, 0.25) is 0 Å². The SMILES string of the molecule is CC(C)(C)O[P+](=O)Oc1ccccc1. The van der Waals surface area contributed by atoms with Crippen LogP contribution in [0, 0.1) is 0 Å². The van der Waals surface area contributed by atoms with E-state index in [-0.39, 0.29) is 0 Å². The van der Waals surface area contributed by atoms with E-state index in [4.69, 9.17) is 9.05 Å². The third kappa shape index (κ3) is 4.35. The molecule has 3 nitrogen and oxygen atoms in total. The fourth-order valence-electron chi connectivity index (χ4n) is 0.810. The Labute approximate surface area is 85.0 Å². The molecule has 76 valence electrons. The summed E-state index contributed by atoms with van der Waals surface area (Å²) in [6, 6.07) is 8.97. The average Bonchev–Trinajstić information content (AvgIpc) is 2.02. The molecule has 1 aromatic carbocycles. The first-order valence-corrected chi connectivity index (χ1v) is 5.46. The van der Waals surface area contributed by atoms with Gasteiger partial charge in [-0.1, -0.05) is 18.2 Å². The molecule has 0 amide bonds. The summed E-state index contributed by atoms with van der Waals surface area (Å²) in [5.74, 6) is 0.554. The lowest BCUT2D eigenvalue weighted by Gasteiger charge is -2.07. The van der Waals surface area contributed by atoms with Gasteiger partial charge in [-0.05, 0) is 32.9 Å². The summed E-state index contributed by atoms with van der Waals surface area (Å²) >= 11 is 0. The van der Waals surface area contributed by atoms with Gasteiger partial charge in [0.2, 0.25) is 0 Å². The van der Waals surface area contributed by atoms with Crippen molar-refractivity contribution >= 4 is 8.25 Å². The minimum atomic E-state index is -2.09. The summed E-state index contributed by atoms with van der Waals surface area (Å²) in [4.78, 5) is 0. The lowest BCUT2D eigenvalue weighted by molar-refractivity contribution is 0.126. The van der Waals surface area contributed by atoms with Crippen LogP contribution < -0.4 is 4.52 Å². The van der Waals surface area contributed by atoms with Gasteiger partial charge in [0.25, 0.3) is 0 Å². The average molecular weight is 213 g/mol. The molecular formula is C10H14O3P+. The molecule has 0 aromatic heterocycles. The number of rotatable bonds is 3. The Balaban J connectivity index is 2.50. The van der Waals surface area contributed by atoms with Gasteiger partial charge in [0.05, 0.1) is 0 Å². The first-order chi connectivity index (χ1) is 6.47. The Kier molecular flexibility index (Phi) is 3.62. The predicted octanol–water partition coefficient (Wildman–Crippen LogP) is 3.54. The zero-order valence-electron chi connectivity index (χ0n) is 8.56. The van der Waals surface area contributed by atoms with E-state index >= 15 is 0 Å². The van der Waals surface area contributed by atoms with E-state index in [1.54, 1.807) is 12.1 Å². The van der Waals surface area contributed by atoms with E-state index in [0.29, 0.717) is 5.75 Å². The standard InChI is InChI=1S/C10H14O3P/c1-10(2,3)13-14(11)12-9-7-5-4-6-8-9/h4-8H,1-3H3/q+1. The molecule has 0 N–H and O–H groups in total. The fourth-order valence-corrected chi connectivity index (χ4v) is 1.59. The molecule has 1 rings (SSSR count). The molecular weight excluding hydrogens is 199 g/mol. The monoisotopic (exact) mass is 213 g/mol. The van der Waals surface area contributed by atoms with Crippen LogP contribution in [0.15, 0.2) is 30.3 Å². The Morgan fingerprint density at radius 3 is 2.21 bits per heavy atom. The van der Waals surface area contributed by atoms with Crippen molar-refractivity contribution in [3.05, 3.63) is 30.3 Å². The van der Waals surface area contributed by atoms with Gasteiger partial charge >= 0.3 is 8.25 Å². The Morgan fingerprint density at radius 2 is 1.71 bits per heavy atom. The second-order valence-electron chi connectivity index (χ2n) is 3.83. The van der Waals surface area contributed by atoms with Crippen molar-refractivity contribution in [3.8, 4) is 5.75 Å². The van der Waals surface area contributed by atoms with Crippen LogP contribution in [0.3, 0.4) is 0 Å². The van der Waals surface area contributed by atoms with E-state index in [1.165, 1.54) is 0 Å². The van der Waals surface area contributed by atoms with E-state index in [2.05, 4.69) is 0 Å². The summed E-state index contributed by atoms with van der Waals surface area (Å²) in [5, 5.41) is 0. The molecule has 0 fully saturated rings. The van der Waals surface area contributed by atoms with Crippen LogP contribution in [0.1, 0.15) is 20.8 Å². The van der Waals surface area contributed by atoms with Crippen molar-refractivity contribution in [2.75, 3.05) is 0 Å². The molecule has 1 unspecified atom stereocenters. The maximum absolute atomic E-state index is 11.3. The third-order valence-corrected chi connectivity index (χ3v) is 2.33. The first kappa shape index (κ1) is 11.2. The van der Waals surface area contributed by atoms with Crippen molar-refractivity contribution in [2.45, 2.75) is 26.4 Å². The van der Waals surface area contributed by atoms with E-state index in [9.17, 15) is 4.57 Å². The lowest BCUT2D eigenvalue weighted by Crippen LogP contribution is -2.15. The highest BCUT2D eigenvalue weighted by atomic mass is 31.1. The second kappa shape index (κ2) is 4.54. The van der Waals surface area contributed by atoms with Gasteiger partial charge in [0, 0.05) is 4.57 Å². The molecule has 14 heavy (non-hydrogen) atoms. The maximum atomic E-state index is 11.3. The summed E-state index contributed by atoms with van der Waals surface area (Å²) in [7, 11) is -2.09. The van der Waals surface area contributed by atoms with Crippen molar-refractivity contribution < 1.29 is 13.6 Å². The normalized spacial score (nSPS) is 12.4. The third-order valence-electron chi connectivity index (χ3n) is 1.27. The minimum Gasteiger partial charge on any atom is -0.229 e. The van der Waals surface area contributed by atoms with Gasteiger partial charge in [0.1, 0.15) is 5.60 Å². The van der Waals surface area contributed by atoms with Crippen molar-refractivity contribution in [1.82, 2.24) is 0 Å². The zero-order chi connectivity index (χ0) is 10.6. The van der Waals surface area contributed by atoms with Crippen LogP contribution in [0.5, 0.6) is 5.75 Å². The number of benzene rings is 1. The summed E-state index contributed by atoms with van der Waals surface area (Å²) in [6.07, 6.45) is 0. The second-order valence-corrected chi connectivity index (χ2v) is 4.64. The largest absolute Gasteiger partial charge is 0.750 e. The smallest absolute Gasteiger partial charge is 0.229 e. The highest BCUT2D eigenvalue weighted by molar-refractivity contribution is 7.33. The lowest BCUT2D eigenvalue weighted by atomic mass is 10.2. The van der Waals surface area contributed by atoms with Crippen molar-refractivity contribution in [2.24, 2.45) is 0 Å². The van der Waals surface area contributed by atoms with Crippen LogP contribution in [-0.2, 0) is 9.09 Å². The van der Waals surface area contributed by atoms with Gasteiger partial charge in [-0.2, -0.15) is 0 Å². The first-order valence-electron chi connectivity index (χ1n) is 4.37. The Morgan fingerprint density at radius 1 is 1.14 bits per heavy atom. The predicted molar refractivity (Wildman–Crippen MR) is 55.5 cm³/mol. The molecule has 0 aliphatic heterocycles. The molecule has 0 spiro atoms.